The van der Waals surface area contributed by atoms with Gasteiger partial charge < -0.3 is 4.90 Å². The van der Waals surface area contributed by atoms with Crippen molar-refractivity contribution in [3.63, 3.8) is 0 Å². The van der Waals surface area contributed by atoms with Crippen molar-refractivity contribution in [1.29, 1.82) is 0 Å². The smallest absolute Gasteiger partial charge is 0.236 e. The molecule has 1 aromatic rings. The predicted octanol–water partition coefficient (Wildman–Crippen LogP) is 1.89. The maximum atomic E-state index is 13.4. The molecule has 84 valence electrons. The van der Waals surface area contributed by atoms with Crippen LogP contribution in [0.4, 0.5) is 10.1 Å². The number of carbonyl (C=O) groups is 2. The van der Waals surface area contributed by atoms with E-state index in [2.05, 4.69) is 0 Å². The van der Waals surface area contributed by atoms with Gasteiger partial charge in [-0.25, -0.2) is 4.39 Å². The minimum atomic E-state index is -0.699. The molecule has 0 radical (unpaired) electrons. The average molecular weight is 221 g/mol. The minimum Gasteiger partial charge on any atom is -0.314 e. The molecule has 0 atom stereocenters. The first kappa shape index (κ1) is 10.8. The standard InChI is InChI=1S/C12H12FNO2/c1-12(2)8-4-5-9(13)7(6-15)10(8)14(3)11(12)16/h4-6H,1-3H3. The Morgan fingerprint density at radius 2 is 2.00 bits per heavy atom. The molecule has 4 heteroatoms. The van der Waals surface area contributed by atoms with E-state index in [0.717, 1.165) is 0 Å². The Kier molecular flexibility index (Phi) is 2.12. The van der Waals surface area contributed by atoms with E-state index < -0.39 is 11.2 Å². The summed E-state index contributed by atoms with van der Waals surface area (Å²) in [6.45, 7) is 3.54. The lowest BCUT2D eigenvalue weighted by Crippen LogP contribution is -2.33. The Hall–Kier alpha value is -1.71. The number of hydrogen-bond acceptors (Lipinski definition) is 2. The summed E-state index contributed by atoms with van der Waals surface area (Å²) in [4.78, 5) is 24.2. The van der Waals surface area contributed by atoms with Crippen LogP contribution in [0.2, 0.25) is 0 Å². The summed E-state index contributed by atoms with van der Waals surface area (Å²) < 4.78 is 13.4. The van der Waals surface area contributed by atoms with Crippen molar-refractivity contribution in [3.05, 3.63) is 29.1 Å². The van der Waals surface area contributed by atoms with Crippen molar-refractivity contribution in [2.75, 3.05) is 11.9 Å². The molecule has 1 aromatic carbocycles. The number of benzene rings is 1. The summed E-state index contributed by atoms with van der Waals surface area (Å²) in [5, 5.41) is 0. The number of halogens is 1. The molecule has 0 spiro atoms. The van der Waals surface area contributed by atoms with Gasteiger partial charge in [-0.15, -0.1) is 0 Å². The fraction of sp³-hybridized carbons (Fsp3) is 0.333. The first-order valence-electron chi connectivity index (χ1n) is 4.97. The van der Waals surface area contributed by atoms with E-state index in [-0.39, 0.29) is 11.5 Å². The van der Waals surface area contributed by atoms with E-state index in [1.54, 1.807) is 27.0 Å². The quantitative estimate of drug-likeness (QED) is 0.679. The van der Waals surface area contributed by atoms with Gasteiger partial charge in [-0.3, -0.25) is 9.59 Å². The molecule has 0 unspecified atom stereocenters. The fourth-order valence-electron chi connectivity index (χ4n) is 2.20. The van der Waals surface area contributed by atoms with Crippen LogP contribution >= 0.6 is 0 Å². The van der Waals surface area contributed by atoms with Gasteiger partial charge in [0, 0.05) is 7.05 Å². The molecule has 1 aliphatic rings. The van der Waals surface area contributed by atoms with Crippen molar-refractivity contribution in [3.8, 4) is 0 Å². The van der Waals surface area contributed by atoms with E-state index in [4.69, 9.17) is 0 Å². The highest BCUT2D eigenvalue weighted by molar-refractivity contribution is 6.10. The van der Waals surface area contributed by atoms with Crippen LogP contribution in [0.15, 0.2) is 12.1 Å². The number of likely N-dealkylation sites (N-methyl/N-ethyl adjacent to an activating group) is 1. The number of fused-ring (bicyclic) bond motifs is 1. The molecule has 0 bridgehead atoms. The van der Waals surface area contributed by atoms with Crippen LogP contribution in [0.1, 0.15) is 29.8 Å². The lowest BCUT2D eigenvalue weighted by molar-refractivity contribution is -0.121. The van der Waals surface area contributed by atoms with E-state index in [1.165, 1.54) is 11.0 Å². The normalized spacial score (nSPS) is 17.5. The molecule has 1 heterocycles. The Balaban J connectivity index is 2.81. The molecule has 0 aliphatic carbocycles. The molecular formula is C12H12FNO2. The molecule has 0 saturated heterocycles. The third-order valence-electron chi connectivity index (χ3n) is 3.13. The van der Waals surface area contributed by atoms with Crippen LogP contribution in [-0.4, -0.2) is 19.2 Å². The highest BCUT2D eigenvalue weighted by atomic mass is 19.1. The Labute approximate surface area is 92.9 Å². The highest BCUT2D eigenvalue weighted by Gasteiger charge is 2.43. The van der Waals surface area contributed by atoms with Crippen molar-refractivity contribution < 1.29 is 14.0 Å². The minimum absolute atomic E-state index is 0.0427. The molecule has 0 N–H and O–H groups in total. The average Bonchev–Trinajstić information content (AvgIpc) is 2.41. The number of nitrogens with zero attached hydrogens (tertiary/aromatic N) is 1. The van der Waals surface area contributed by atoms with Gasteiger partial charge in [0.05, 0.1) is 16.7 Å². The lowest BCUT2D eigenvalue weighted by atomic mass is 9.85. The zero-order chi connectivity index (χ0) is 12.1. The number of carbonyl (C=O) groups excluding carboxylic acids is 2. The van der Waals surface area contributed by atoms with Crippen LogP contribution in [0, 0.1) is 5.82 Å². The molecule has 0 fully saturated rings. The van der Waals surface area contributed by atoms with Gasteiger partial charge in [-0.1, -0.05) is 6.07 Å². The van der Waals surface area contributed by atoms with Crippen molar-refractivity contribution >= 4 is 17.9 Å². The molecule has 3 nitrogen and oxygen atoms in total. The van der Waals surface area contributed by atoms with Crippen molar-refractivity contribution in [2.45, 2.75) is 19.3 Å². The van der Waals surface area contributed by atoms with Gasteiger partial charge in [-0.2, -0.15) is 0 Å². The molecular weight excluding hydrogens is 209 g/mol. The lowest BCUT2D eigenvalue weighted by Gasteiger charge is -2.16. The highest BCUT2D eigenvalue weighted by Crippen LogP contribution is 2.42. The molecule has 2 rings (SSSR count). The molecule has 1 amide bonds. The van der Waals surface area contributed by atoms with E-state index in [9.17, 15) is 14.0 Å². The zero-order valence-electron chi connectivity index (χ0n) is 9.37. The second-order valence-electron chi connectivity index (χ2n) is 4.46. The first-order chi connectivity index (χ1) is 7.41. The number of amides is 1. The Morgan fingerprint density at radius 3 is 2.56 bits per heavy atom. The van der Waals surface area contributed by atoms with Crippen molar-refractivity contribution in [2.24, 2.45) is 0 Å². The third-order valence-corrected chi connectivity index (χ3v) is 3.13. The summed E-state index contributed by atoms with van der Waals surface area (Å²) in [6, 6.07) is 2.80. The molecule has 0 aromatic heterocycles. The summed E-state index contributed by atoms with van der Waals surface area (Å²) in [5.74, 6) is -0.720. The predicted molar refractivity (Wildman–Crippen MR) is 58.2 cm³/mol. The van der Waals surface area contributed by atoms with Crippen LogP contribution < -0.4 is 4.90 Å². The fourth-order valence-corrected chi connectivity index (χ4v) is 2.20. The first-order valence-corrected chi connectivity index (χ1v) is 4.97. The summed E-state index contributed by atoms with van der Waals surface area (Å²) in [5.41, 5.74) is 0.350. The Bertz CT molecular complexity index is 494. The summed E-state index contributed by atoms with van der Waals surface area (Å²) in [6.07, 6.45) is 0.458. The SMILES string of the molecule is CN1C(=O)C(C)(C)c2ccc(F)c(C=O)c21. The maximum Gasteiger partial charge on any atom is 0.236 e. The van der Waals surface area contributed by atoms with Gasteiger partial charge in [0.25, 0.3) is 0 Å². The largest absolute Gasteiger partial charge is 0.314 e. The number of rotatable bonds is 1. The van der Waals surface area contributed by atoms with Crippen LogP contribution in [0.5, 0.6) is 0 Å². The number of anilines is 1. The van der Waals surface area contributed by atoms with Gasteiger partial charge in [-0.05, 0) is 25.5 Å². The topological polar surface area (TPSA) is 37.4 Å². The van der Waals surface area contributed by atoms with E-state index >= 15 is 0 Å². The van der Waals surface area contributed by atoms with Crippen molar-refractivity contribution in [1.82, 2.24) is 0 Å². The second-order valence-corrected chi connectivity index (χ2v) is 4.46. The molecule has 1 aliphatic heterocycles. The second kappa shape index (κ2) is 3.14. The summed E-state index contributed by atoms with van der Waals surface area (Å²) >= 11 is 0. The molecule has 0 saturated carbocycles. The van der Waals surface area contributed by atoms with Gasteiger partial charge in [0.2, 0.25) is 5.91 Å². The maximum absolute atomic E-state index is 13.4. The van der Waals surface area contributed by atoms with Crippen LogP contribution in [-0.2, 0) is 10.2 Å². The van der Waals surface area contributed by atoms with E-state index in [0.29, 0.717) is 17.5 Å². The third kappa shape index (κ3) is 1.13. The van der Waals surface area contributed by atoms with Crippen LogP contribution in [0.25, 0.3) is 0 Å². The van der Waals surface area contributed by atoms with Gasteiger partial charge in [0.1, 0.15) is 5.82 Å². The zero-order valence-corrected chi connectivity index (χ0v) is 9.37. The van der Waals surface area contributed by atoms with Gasteiger partial charge in [0.15, 0.2) is 6.29 Å². The Morgan fingerprint density at radius 1 is 1.38 bits per heavy atom. The monoisotopic (exact) mass is 221 g/mol. The molecule has 16 heavy (non-hydrogen) atoms. The van der Waals surface area contributed by atoms with Crippen LogP contribution in [0.3, 0.4) is 0 Å². The van der Waals surface area contributed by atoms with Gasteiger partial charge >= 0.3 is 0 Å². The van der Waals surface area contributed by atoms with E-state index in [1.807, 2.05) is 0 Å². The summed E-state index contributed by atoms with van der Waals surface area (Å²) in [7, 11) is 1.56. The number of aldehydes is 1. The number of hydrogen-bond donors (Lipinski definition) is 0.